The summed E-state index contributed by atoms with van der Waals surface area (Å²) in [6.07, 6.45) is 0.303. The molecule has 18 heavy (non-hydrogen) atoms. The van der Waals surface area contributed by atoms with Gasteiger partial charge >= 0.3 is 0 Å². The van der Waals surface area contributed by atoms with Gasteiger partial charge in [-0.1, -0.05) is 32.9 Å². The summed E-state index contributed by atoms with van der Waals surface area (Å²) in [5.74, 6) is 0. The number of hydrogen-bond acceptors (Lipinski definition) is 1. The van der Waals surface area contributed by atoms with Crippen LogP contribution in [0.2, 0.25) is 0 Å². The van der Waals surface area contributed by atoms with Gasteiger partial charge in [-0.2, -0.15) is 0 Å². The van der Waals surface area contributed by atoms with Crippen LogP contribution in [0.25, 0.3) is 0 Å². The molecule has 0 spiro atoms. The van der Waals surface area contributed by atoms with Crippen molar-refractivity contribution in [2.45, 2.75) is 51.9 Å². The van der Waals surface area contributed by atoms with Crippen molar-refractivity contribution in [3.05, 3.63) is 34.9 Å². The fourth-order valence-corrected chi connectivity index (χ4v) is 1.90. The van der Waals surface area contributed by atoms with Gasteiger partial charge in [0.05, 0.1) is 0 Å². The molecule has 0 heterocycles. The monoisotopic (exact) mass is 255 g/mol. The lowest BCUT2D eigenvalue weighted by molar-refractivity contribution is 0.151. The van der Waals surface area contributed by atoms with E-state index in [1.807, 2.05) is 26.8 Å². The lowest BCUT2D eigenvalue weighted by Crippen LogP contribution is -2.12. The highest BCUT2D eigenvalue weighted by Gasteiger charge is 2.18. The average Bonchev–Trinajstić information content (AvgIpc) is 2.28. The van der Waals surface area contributed by atoms with E-state index in [4.69, 9.17) is 5.73 Å². The molecular formula is C15H23F2N. The Morgan fingerprint density at radius 2 is 1.78 bits per heavy atom. The van der Waals surface area contributed by atoms with Crippen LogP contribution in [-0.2, 0) is 11.8 Å². The second-order valence-electron chi connectivity index (χ2n) is 5.76. The fraction of sp³-hybridized carbons (Fsp3) is 0.600. The zero-order valence-electron chi connectivity index (χ0n) is 11.5. The van der Waals surface area contributed by atoms with Crippen molar-refractivity contribution in [3.8, 4) is 0 Å². The molecule has 3 heteroatoms. The summed E-state index contributed by atoms with van der Waals surface area (Å²) in [4.78, 5) is 0. The van der Waals surface area contributed by atoms with Crippen molar-refractivity contribution < 1.29 is 8.78 Å². The van der Waals surface area contributed by atoms with Crippen LogP contribution in [0.1, 0.15) is 56.7 Å². The molecule has 0 bridgehead atoms. The van der Waals surface area contributed by atoms with Crippen molar-refractivity contribution >= 4 is 0 Å². The van der Waals surface area contributed by atoms with E-state index >= 15 is 0 Å². The Hall–Kier alpha value is -0.960. The lowest BCUT2D eigenvalue weighted by atomic mass is 9.84. The first-order chi connectivity index (χ1) is 8.34. The van der Waals surface area contributed by atoms with E-state index in [1.165, 1.54) is 0 Å². The van der Waals surface area contributed by atoms with Crippen LogP contribution in [0.15, 0.2) is 18.2 Å². The average molecular weight is 255 g/mol. The maximum atomic E-state index is 12.9. The second-order valence-corrected chi connectivity index (χ2v) is 5.76. The van der Waals surface area contributed by atoms with Gasteiger partial charge in [0.2, 0.25) is 0 Å². The van der Waals surface area contributed by atoms with Gasteiger partial charge in [0.15, 0.2) is 0 Å². The lowest BCUT2D eigenvalue weighted by Gasteiger charge is -2.21. The standard InChI is InChI=1S/C15H23F2N/c1-15(2,3)13-9-11(6-4-5-7-18)8-12(10-13)14(16)17/h8-10,14H,4-7,18H2,1-3H3. The van der Waals surface area contributed by atoms with Gasteiger partial charge < -0.3 is 5.73 Å². The number of alkyl halides is 2. The summed E-state index contributed by atoms with van der Waals surface area (Å²) in [6.45, 7) is 6.78. The van der Waals surface area contributed by atoms with Crippen molar-refractivity contribution in [1.82, 2.24) is 0 Å². The predicted octanol–water partition coefficient (Wildman–Crippen LogP) is 4.20. The van der Waals surface area contributed by atoms with Gasteiger partial charge in [0, 0.05) is 5.56 Å². The SMILES string of the molecule is CC(C)(C)c1cc(CCCCN)cc(C(F)F)c1. The Morgan fingerprint density at radius 3 is 2.28 bits per heavy atom. The molecule has 0 aliphatic heterocycles. The minimum atomic E-state index is -2.40. The third-order valence-electron chi connectivity index (χ3n) is 3.05. The largest absolute Gasteiger partial charge is 0.330 e. The minimum Gasteiger partial charge on any atom is -0.330 e. The van der Waals surface area contributed by atoms with Gasteiger partial charge in [-0.15, -0.1) is 0 Å². The van der Waals surface area contributed by atoms with E-state index in [2.05, 4.69) is 0 Å². The Kier molecular flexibility index (Phi) is 5.27. The van der Waals surface area contributed by atoms with Gasteiger partial charge in [-0.3, -0.25) is 0 Å². The van der Waals surface area contributed by atoms with Crippen LogP contribution in [0, 0.1) is 0 Å². The van der Waals surface area contributed by atoms with Crippen LogP contribution in [-0.4, -0.2) is 6.54 Å². The second kappa shape index (κ2) is 6.28. The molecule has 0 saturated heterocycles. The summed E-state index contributed by atoms with van der Waals surface area (Å²) in [5.41, 5.74) is 7.44. The summed E-state index contributed by atoms with van der Waals surface area (Å²) >= 11 is 0. The van der Waals surface area contributed by atoms with Crippen molar-refractivity contribution in [2.24, 2.45) is 5.73 Å². The Labute approximate surface area is 108 Å². The number of aryl methyl sites for hydroxylation is 1. The van der Waals surface area contributed by atoms with E-state index < -0.39 is 6.43 Å². The Balaban J connectivity index is 2.99. The molecular weight excluding hydrogens is 232 g/mol. The number of halogens is 2. The number of hydrogen-bond donors (Lipinski definition) is 1. The van der Waals surface area contributed by atoms with Crippen molar-refractivity contribution in [2.75, 3.05) is 6.54 Å². The van der Waals surface area contributed by atoms with E-state index in [0.717, 1.165) is 30.4 Å². The quantitative estimate of drug-likeness (QED) is 0.784. The fourth-order valence-electron chi connectivity index (χ4n) is 1.90. The number of nitrogens with two attached hydrogens (primary N) is 1. The third-order valence-corrected chi connectivity index (χ3v) is 3.05. The molecule has 0 saturated carbocycles. The van der Waals surface area contributed by atoms with Gasteiger partial charge in [-0.25, -0.2) is 8.78 Å². The molecule has 0 aliphatic carbocycles. The maximum Gasteiger partial charge on any atom is 0.263 e. The zero-order chi connectivity index (χ0) is 13.8. The molecule has 1 aromatic carbocycles. The van der Waals surface area contributed by atoms with E-state index in [9.17, 15) is 8.78 Å². The predicted molar refractivity (Wildman–Crippen MR) is 72.1 cm³/mol. The number of rotatable bonds is 5. The zero-order valence-corrected chi connectivity index (χ0v) is 11.5. The maximum absolute atomic E-state index is 12.9. The molecule has 0 atom stereocenters. The van der Waals surface area contributed by atoms with E-state index in [0.29, 0.717) is 6.54 Å². The smallest absolute Gasteiger partial charge is 0.263 e. The molecule has 0 aromatic heterocycles. The summed E-state index contributed by atoms with van der Waals surface area (Å²) < 4.78 is 25.8. The summed E-state index contributed by atoms with van der Waals surface area (Å²) in [7, 11) is 0. The van der Waals surface area contributed by atoms with Crippen LogP contribution < -0.4 is 5.73 Å². The normalized spacial score (nSPS) is 12.2. The summed E-state index contributed by atoms with van der Waals surface area (Å²) in [5, 5.41) is 0. The molecule has 1 rings (SSSR count). The molecule has 2 N–H and O–H groups in total. The molecule has 0 amide bonds. The van der Waals surface area contributed by atoms with Crippen LogP contribution in [0.5, 0.6) is 0 Å². The van der Waals surface area contributed by atoms with Gasteiger partial charge in [0.25, 0.3) is 6.43 Å². The topological polar surface area (TPSA) is 26.0 Å². The van der Waals surface area contributed by atoms with E-state index in [1.54, 1.807) is 12.1 Å². The molecule has 102 valence electrons. The Bertz CT molecular complexity index is 381. The molecule has 0 fully saturated rings. The first-order valence-electron chi connectivity index (χ1n) is 6.47. The highest BCUT2D eigenvalue weighted by molar-refractivity contribution is 5.34. The third kappa shape index (κ3) is 4.37. The van der Waals surface area contributed by atoms with Crippen LogP contribution in [0.3, 0.4) is 0 Å². The minimum absolute atomic E-state index is 0.104. The molecule has 0 aliphatic rings. The van der Waals surface area contributed by atoms with Gasteiger partial charge in [0.1, 0.15) is 0 Å². The molecule has 0 unspecified atom stereocenters. The van der Waals surface area contributed by atoms with Gasteiger partial charge in [-0.05, 0) is 48.4 Å². The Morgan fingerprint density at radius 1 is 1.11 bits per heavy atom. The van der Waals surface area contributed by atoms with E-state index in [-0.39, 0.29) is 11.0 Å². The number of benzene rings is 1. The van der Waals surface area contributed by atoms with Crippen molar-refractivity contribution in [1.29, 1.82) is 0 Å². The highest BCUT2D eigenvalue weighted by atomic mass is 19.3. The van der Waals surface area contributed by atoms with Crippen LogP contribution >= 0.6 is 0 Å². The number of unbranched alkanes of at least 4 members (excludes halogenated alkanes) is 1. The molecule has 1 aromatic rings. The highest BCUT2D eigenvalue weighted by Crippen LogP contribution is 2.29. The molecule has 0 radical (unpaired) electrons. The first-order valence-corrected chi connectivity index (χ1v) is 6.47. The first kappa shape index (κ1) is 15.1. The van der Waals surface area contributed by atoms with Crippen LogP contribution in [0.4, 0.5) is 8.78 Å². The van der Waals surface area contributed by atoms with Crippen molar-refractivity contribution in [3.63, 3.8) is 0 Å². The summed E-state index contributed by atoms with van der Waals surface area (Å²) in [6, 6.07) is 5.29. The molecule has 1 nitrogen and oxygen atoms in total.